The van der Waals surface area contributed by atoms with Gasteiger partial charge in [-0.2, -0.15) is 5.26 Å². The summed E-state index contributed by atoms with van der Waals surface area (Å²) in [4.78, 5) is 46.6. The smallest absolute Gasteiger partial charge is 0.407 e. The molecule has 1 aromatic rings. The van der Waals surface area contributed by atoms with E-state index in [4.69, 9.17) is 14.2 Å². The molecule has 1 spiro atoms. The van der Waals surface area contributed by atoms with Gasteiger partial charge in [-0.15, -0.1) is 0 Å². The maximum atomic E-state index is 14.0. The number of nitrogens with zero attached hydrogens (tertiary/aromatic N) is 4. The summed E-state index contributed by atoms with van der Waals surface area (Å²) in [5, 5.41) is 26.3. The zero-order chi connectivity index (χ0) is 27.8. The number of fused-ring (bicyclic) bond motifs is 1. The number of methoxy groups -OCH3 is 2. The minimum Gasteiger partial charge on any atom is -0.477 e. The summed E-state index contributed by atoms with van der Waals surface area (Å²) in [6.45, 7) is 5.44. The molecule has 3 aliphatic heterocycles. The molecule has 206 valence electrons. The van der Waals surface area contributed by atoms with E-state index in [-0.39, 0.29) is 25.9 Å². The number of aliphatic hydroxyl groups is 1. The SMILES string of the molecule is COC(=O)NC(C(=O)N1CC(OC)CC1C(=O)N1CC2(CC1C#N)Oc1cccnc1NC2O)C(C)(C)C. The predicted octanol–water partition coefficient (Wildman–Crippen LogP) is 0.454. The number of nitrogens with one attached hydrogen (secondary N) is 2. The van der Waals surface area contributed by atoms with E-state index in [0.29, 0.717) is 11.6 Å². The third-order valence-electron chi connectivity index (χ3n) is 7.37. The van der Waals surface area contributed by atoms with Crippen LogP contribution in [0.1, 0.15) is 33.6 Å². The Morgan fingerprint density at radius 1 is 1.34 bits per heavy atom. The van der Waals surface area contributed by atoms with Crippen LogP contribution in [0.3, 0.4) is 0 Å². The van der Waals surface area contributed by atoms with Crippen LogP contribution >= 0.6 is 0 Å². The molecule has 3 N–H and O–H groups in total. The largest absolute Gasteiger partial charge is 0.477 e. The molecule has 2 fully saturated rings. The second kappa shape index (κ2) is 10.3. The summed E-state index contributed by atoms with van der Waals surface area (Å²) in [6.07, 6.45) is -0.575. The summed E-state index contributed by atoms with van der Waals surface area (Å²) in [5.41, 5.74) is -1.97. The Hall–Kier alpha value is -3.63. The van der Waals surface area contributed by atoms with Crippen LogP contribution < -0.4 is 15.4 Å². The van der Waals surface area contributed by atoms with Crippen LogP contribution in [0.2, 0.25) is 0 Å². The first-order valence-corrected chi connectivity index (χ1v) is 12.4. The molecule has 4 rings (SSSR count). The summed E-state index contributed by atoms with van der Waals surface area (Å²) in [7, 11) is 2.71. The maximum Gasteiger partial charge on any atom is 0.407 e. The second-order valence-electron chi connectivity index (χ2n) is 10.9. The van der Waals surface area contributed by atoms with Gasteiger partial charge in [-0.1, -0.05) is 20.8 Å². The lowest BCUT2D eigenvalue weighted by Crippen LogP contribution is -2.59. The Labute approximate surface area is 221 Å². The van der Waals surface area contributed by atoms with Gasteiger partial charge in [0.15, 0.2) is 23.4 Å². The lowest BCUT2D eigenvalue weighted by Gasteiger charge is -2.39. The highest BCUT2D eigenvalue weighted by Gasteiger charge is 2.57. The third kappa shape index (κ3) is 4.93. The summed E-state index contributed by atoms with van der Waals surface area (Å²) in [6, 6.07) is 2.71. The summed E-state index contributed by atoms with van der Waals surface area (Å²) < 4.78 is 16.3. The van der Waals surface area contributed by atoms with Crippen LogP contribution in [-0.4, -0.2) is 101 Å². The molecule has 0 aromatic carbocycles. The van der Waals surface area contributed by atoms with Gasteiger partial charge >= 0.3 is 6.09 Å². The first-order valence-electron chi connectivity index (χ1n) is 12.4. The van der Waals surface area contributed by atoms with Crippen LogP contribution in [0.4, 0.5) is 10.6 Å². The van der Waals surface area contributed by atoms with Crippen molar-refractivity contribution in [2.24, 2.45) is 5.41 Å². The highest BCUT2D eigenvalue weighted by atomic mass is 16.5. The predicted molar refractivity (Wildman–Crippen MR) is 133 cm³/mol. The molecule has 0 saturated carbocycles. The fourth-order valence-electron chi connectivity index (χ4n) is 5.27. The summed E-state index contributed by atoms with van der Waals surface area (Å²) in [5.74, 6) is -0.146. The van der Waals surface area contributed by atoms with E-state index < -0.39 is 59.4 Å². The van der Waals surface area contributed by atoms with Crippen LogP contribution in [-0.2, 0) is 19.1 Å². The average Bonchev–Trinajstić information content (AvgIpc) is 3.49. The van der Waals surface area contributed by atoms with Crippen molar-refractivity contribution < 1.29 is 33.7 Å². The van der Waals surface area contributed by atoms with Crippen molar-refractivity contribution in [2.75, 3.05) is 32.6 Å². The monoisotopic (exact) mass is 530 g/mol. The average molecular weight is 531 g/mol. The molecule has 1 aromatic heterocycles. The molecular formula is C25H34N6O7. The molecular weight excluding hydrogens is 496 g/mol. The standard InChI is InChI=1S/C25H34N6O7/c1-24(2,3)18(28-23(35)37-5)21(33)30-12-15(36-4)9-16(30)20(32)31-13-25(10-14(31)11-26)22(34)29-19-17(38-25)7-6-8-27-19/h6-8,14-16,18,22,34H,9-10,12-13H2,1-5H3,(H,27,29)(H,28,35). The molecule has 6 unspecified atom stereocenters. The number of aliphatic hydroxyl groups excluding tert-OH is 1. The number of nitriles is 1. The molecule has 3 amide bonds. The zero-order valence-electron chi connectivity index (χ0n) is 22.1. The Morgan fingerprint density at radius 3 is 2.71 bits per heavy atom. The van der Waals surface area contributed by atoms with Crippen molar-refractivity contribution in [2.45, 2.75) is 69.7 Å². The number of ether oxygens (including phenoxy) is 3. The lowest BCUT2D eigenvalue weighted by molar-refractivity contribution is -0.147. The van der Waals surface area contributed by atoms with Gasteiger partial charge in [0, 0.05) is 32.7 Å². The van der Waals surface area contributed by atoms with Gasteiger partial charge in [0.25, 0.3) is 0 Å². The van der Waals surface area contributed by atoms with Crippen LogP contribution in [0.5, 0.6) is 5.75 Å². The lowest BCUT2D eigenvalue weighted by atomic mass is 9.85. The fraction of sp³-hybridized carbons (Fsp3) is 0.640. The summed E-state index contributed by atoms with van der Waals surface area (Å²) >= 11 is 0. The Morgan fingerprint density at radius 2 is 2.08 bits per heavy atom. The first-order chi connectivity index (χ1) is 17.9. The van der Waals surface area contributed by atoms with Gasteiger partial charge in [0.2, 0.25) is 11.8 Å². The molecule has 0 bridgehead atoms. The zero-order valence-corrected chi connectivity index (χ0v) is 22.1. The van der Waals surface area contributed by atoms with E-state index in [1.165, 1.54) is 24.0 Å². The number of pyridine rings is 1. The van der Waals surface area contributed by atoms with Crippen molar-refractivity contribution in [1.29, 1.82) is 5.26 Å². The Balaban J connectivity index is 1.61. The van der Waals surface area contributed by atoms with E-state index in [1.807, 2.05) is 0 Å². The number of hydrogen-bond donors (Lipinski definition) is 3. The van der Waals surface area contributed by atoms with E-state index in [1.54, 1.807) is 39.1 Å². The van der Waals surface area contributed by atoms with E-state index in [0.717, 1.165) is 0 Å². The number of amides is 3. The van der Waals surface area contributed by atoms with Crippen LogP contribution in [0.25, 0.3) is 0 Å². The third-order valence-corrected chi connectivity index (χ3v) is 7.37. The number of carbonyl (C=O) groups is 3. The normalized spacial score (nSPS) is 29.1. The van der Waals surface area contributed by atoms with Gasteiger partial charge in [-0.05, 0) is 17.5 Å². The number of anilines is 1. The molecule has 4 heterocycles. The number of carbonyl (C=O) groups excluding carboxylic acids is 3. The topological polar surface area (TPSA) is 166 Å². The van der Waals surface area contributed by atoms with Crippen molar-refractivity contribution in [3.8, 4) is 11.8 Å². The molecule has 6 atom stereocenters. The van der Waals surface area contributed by atoms with Gasteiger partial charge in [0.05, 0.1) is 25.8 Å². The van der Waals surface area contributed by atoms with Gasteiger partial charge in [-0.3, -0.25) is 9.59 Å². The number of hydrogen-bond acceptors (Lipinski definition) is 10. The van der Waals surface area contributed by atoms with Crippen LogP contribution in [0.15, 0.2) is 18.3 Å². The van der Waals surface area contributed by atoms with E-state index >= 15 is 0 Å². The number of likely N-dealkylation sites (tertiary alicyclic amines) is 2. The minimum atomic E-state index is -1.28. The van der Waals surface area contributed by atoms with Crippen molar-refractivity contribution >= 4 is 23.7 Å². The van der Waals surface area contributed by atoms with Crippen molar-refractivity contribution in [1.82, 2.24) is 20.1 Å². The molecule has 0 aliphatic carbocycles. The fourth-order valence-corrected chi connectivity index (χ4v) is 5.27. The van der Waals surface area contributed by atoms with Crippen LogP contribution in [0, 0.1) is 16.7 Å². The molecule has 0 radical (unpaired) electrons. The van der Waals surface area contributed by atoms with Gasteiger partial charge in [-0.25, -0.2) is 9.78 Å². The molecule has 38 heavy (non-hydrogen) atoms. The number of alkyl carbamates (subject to hydrolysis) is 1. The van der Waals surface area contributed by atoms with Crippen molar-refractivity contribution in [3.05, 3.63) is 18.3 Å². The van der Waals surface area contributed by atoms with Gasteiger partial charge in [0.1, 0.15) is 18.1 Å². The quantitative estimate of drug-likeness (QED) is 0.497. The highest BCUT2D eigenvalue weighted by molar-refractivity contribution is 5.93. The first kappa shape index (κ1) is 27.4. The Bertz CT molecular complexity index is 1130. The molecule has 13 heteroatoms. The molecule has 3 aliphatic rings. The van der Waals surface area contributed by atoms with E-state index in [9.17, 15) is 24.8 Å². The van der Waals surface area contributed by atoms with E-state index in [2.05, 4.69) is 21.7 Å². The Kier molecular flexibility index (Phi) is 7.40. The van der Waals surface area contributed by atoms with Gasteiger partial charge < -0.3 is 39.8 Å². The molecule has 2 saturated heterocycles. The number of aromatic nitrogens is 1. The van der Waals surface area contributed by atoms with Crippen molar-refractivity contribution in [3.63, 3.8) is 0 Å². The minimum absolute atomic E-state index is 0.0562. The maximum absolute atomic E-state index is 14.0. The number of rotatable bonds is 4. The molecule has 13 nitrogen and oxygen atoms in total. The second-order valence-corrected chi connectivity index (χ2v) is 10.9. The highest BCUT2D eigenvalue weighted by Crippen LogP contribution is 2.41.